The molecule has 0 saturated heterocycles. The van der Waals surface area contributed by atoms with Crippen LogP contribution in [0.3, 0.4) is 0 Å². The molecule has 5 heteroatoms. The maximum absolute atomic E-state index is 13.1. The van der Waals surface area contributed by atoms with E-state index < -0.39 is 6.04 Å². The second-order valence-corrected chi connectivity index (χ2v) is 7.68. The Kier molecular flexibility index (Phi) is 8.06. The van der Waals surface area contributed by atoms with E-state index in [0.29, 0.717) is 11.6 Å². The highest BCUT2D eigenvalue weighted by molar-refractivity contribution is 6.31. The summed E-state index contributed by atoms with van der Waals surface area (Å²) in [5, 5.41) is 3.53. The van der Waals surface area contributed by atoms with Crippen LogP contribution in [-0.2, 0) is 22.6 Å². The molecule has 28 heavy (non-hydrogen) atoms. The van der Waals surface area contributed by atoms with E-state index in [4.69, 9.17) is 11.6 Å². The number of halogens is 1. The van der Waals surface area contributed by atoms with Gasteiger partial charge in [-0.15, -0.1) is 0 Å². The molecular formula is C23H29ClN2O2. The van der Waals surface area contributed by atoms with Gasteiger partial charge in [-0.3, -0.25) is 9.59 Å². The highest BCUT2D eigenvalue weighted by Gasteiger charge is 2.27. The maximum Gasteiger partial charge on any atom is 0.242 e. The average Bonchev–Trinajstić information content (AvgIpc) is 2.68. The van der Waals surface area contributed by atoms with Crippen LogP contribution in [0.1, 0.15) is 43.9 Å². The van der Waals surface area contributed by atoms with Crippen molar-refractivity contribution in [2.45, 2.75) is 59.2 Å². The summed E-state index contributed by atoms with van der Waals surface area (Å²) in [7, 11) is 0. The third-order valence-electron chi connectivity index (χ3n) is 4.94. The number of carbonyl (C=O) groups excluding carboxylic acids is 2. The summed E-state index contributed by atoms with van der Waals surface area (Å²) >= 11 is 6.23. The SMILES string of the molecule is CC[C@@H](C)NC(=O)[C@H](C)N(Cc1ccc(C)cc1)C(=O)Cc1ccccc1Cl. The zero-order valence-corrected chi connectivity index (χ0v) is 17.8. The van der Waals surface area contributed by atoms with Crippen LogP contribution in [0.4, 0.5) is 0 Å². The van der Waals surface area contributed by atoms with Crippen molar-refractivity contribution in [1.82, 2.24) is 10.2 Å². The predicted octanol–water partition coefficient (Wildman–Crippen LogP) is 4.52. The number of aryl methyl sites for hydroxylation is 1. The lowest BCUT2D eigenvalue weighted by Crippen LogP contribution is -2.49. The van der Waals surface area contributed by atoms with E-state index >= 15 is 0 Å². The molecule has 0 aliphatic heterocycles. The molecule has 0 aliphatic rings. The topological polar surface area (TPSA) is 49.4 Å². The number of nitrogens with zero attached hydrogens (tertiary/aromatic N) is 1. The van der Waals surface area contributed by atoms with Crippen LogP contribution in [0.5, 0.6) is 0 Å². The van der Waals surface area contributed by atoms with Crippen LogP contribution in [0.25, 0.3) is 0 Å². The normalized spacial score (nSPS) is 12.9. The Labute approximate surface area is 172 Å². The Balaban J connectivity index is 2.23. The minimum atomic E-state index is -0.578. The average molecular weight is 401 g/mol. The van der Waals surface area contributed by atoms with Gasteiger partial charge in [-0.2, -0.15) is 0 Å². The van der Waals surface area contributed by atoms with Crippen LogP contribution < -0.4 is 5.32 Å². The van der Waals surface area contributed by atoms with Crippen LogP contribution in [0, 0.1) is 6.92 Å². The van der Waals surface area contributed by atoms with E-state index in [9.17, 15) is 9.59 Å². The molecule has 2 aromatic carbocycles. The van der Waals surface area contributed by atoms with Crippen molar-refractivity contribution < 1.29 is 9.59 Å². The molecule has 0 heterocycles. The number of amides is 2. The quantitative estimate of drug-likeness (QED) is 0.708. The Bertz CT molecular complexity index is 805. The first-order valence-electron chi connectivity index (χ1n) is 9.70. The van der Waals surface area contributed by atoms with Crippen molar-refractivity contribution >= 4 is 23.4 Å². The Morgan fingerprint density at radius 3 is 2.32 bits per heavy atom. The minimum absolute atomic E-state index is 0.0647. The molecule has 4 nitrogen and oxygen atoms in total. The second-order valence-electron chi connectivity index (χ2n) is 7.27. The number of nitrogens with one attached hydrogen (secondary N) is 1. The van der Waals surface area contributed by atoms with Crippen LogP contribution >= 0.6 is 11.6 Å². The fourth-order valence-corrected chi connectivity index (χ4v) is 3.05. The van der Waals surface area contributed by atoms with Crippen molar-refractivity contribution in [2.24, 2.45) is 0 Å². The van der Waals surface area contributed by atoms with Crippen molar-refractivity contribution in [3.8, 4) is 0 Å². The van der Waals surface area contributed by atoms with Gasteiger partial charge < -0.3 is 10.2 Å². The molecule has 0 bridgehead atoms. The van der Waals surface area contributed by atoms with E-state index in [1.807, 2.05) is 63.2 Å². The molecule has 2 aromatic rings. The van der Waals surface area contributed by atoms with Gasteiger partial charge in [0, 0.05) is 17.6 Å². The molecule has 2 amide bonds. The molecule has 0 radical (unpaired) electrons. The molecule has 0 spiro atoms. The Morgan fingerprint density at radius 2 is 1.71 bits per heavy atom. The van der Waals surface area contributed by atoms with Crippen molar-refractivity contribution in [3.05, 3.63) is 70.2 Å². The van der Waals surface area contributed by atoms with E-state index in [1.54, 1.807) is 17.9 Å². The maximum atomic E-state index is 13.1. The second kappa shape index (κ2) is 10.3. The largest absolute Gasteiger partial charge is 0.352 e. The van der Waals surface area contributed by atoms with Crippen LogP contribution in [0.2, 0.25) is 5.02 Å². The standard InChI is InChI=1S/C23H29ClN2O2/c1-5-17(3)25-23(28)18(4)26(15-19-12-10-16(2)11-13-19)22(27)14-20-8-6-7-9-21(20)24/h6-13,17-18H,5,14-15H2,1-4H3,(H,25,28)/t17-,18+/m1/s1. The fourth-order valence-electron chi connectivity index (χ4n) is 2.84. The van der Waals surface area contributed by atoms with Gasteiger partial charge in [-0.25, -0.2) is 0 Å². The van der Waals surface area contributed by atoms with Gasteiger partial charge >= 0.3 is 0 Å². The monoisotopic (exact) mass is 400 g/mol. The first-order valence-corrected chi connectivity index (χ1v) is 10.1. The summed E-state index contributed by atoms with van der Waals surface area (Å²) in [6, 6.07) is 14.8. The summed E-state index contributed by atoms with van der Waals surface area (Å²) < 4.78 is 0. The number of benzene rings is 2. The van der Waals surface area contributed by atoms with Gasteiger partial charge in [-0.1, -0.05) is 66.6 Å². The zero-order chi connectivity index (χ0) is 20.7. The molecular weight excluding hydrogens is 372 g/mol. The van der Waals surface area contributed by atoms with Gasteiger partial charge in [0.15, 0.2) is 0 Å². The molecule has 0 aromatic heterocycles. The summed E-state index contributed by atoms with van der Waals surface area (Å²) in [6.07, 6.45) is 0.997. The highest BCUT2D eigenvalue weighted by atomic mass is 35.5. The van der Waals surface area contributed by atoms with Gasteiger partial charge in [-0.05, 0) is 44.4 Å². The predicted molar refractivity (Wildman–Crippen MR) is 114 cm³/mol. The van der Waals surface area contributed by atoms with E-state index in [1.165, 1.54) is 0 Å². The molecule has 2 rings (SSSR count). The Hall–Kier alpha value is -2.33. The summed E-state index contributed by atoms with van der Waals surface area (Å²) in [4.78, 5) is 27.4. The molecule has 0 unspecified atom stereocenters. The molecule has 1 N–H and O–H groups in total. The summed E-state index contributed by atoms with van der Waals surface area (Å²) in [5.41, 5.74) is 2.90. The molecule has 2 atom stereocenters. The molecule has 0 fully saturated rings. The van der Waals surface area contributed by atoms with Crippen LogP contribution in [0.15, 0.2) is 48.5 Å². The van der Waals surface area contributed by atoms with Gasteiger partial charge in [0.2, 0.25) is 11.8 Å². The third-order valence-corrected chi connectivity index (χ3v) is 5.31. The van der Waals surface area contributed by atoms with Crippen molar-refractivity contribution in [1.29, 1.82) is 0 Å². The number of rotatable bonds is 8. The molecule has 0 saturated carbocycles. The highest BCUT2D eigenvalue weighted by Crippen LogP contribution is 2.18. The number of hydrogen-bond donors (Lipinski definition) is 1. The lowest BCUT2D eigenvalue weighted by atomic mass is 10.1. The van der Waals surface area contributed by atoms with Gasteiger partial charge in [0.25, 0.3) is 0 Å². The van der Waals surface area contributed by atoms with Crippen LogP contribution in [-0.4, -0.2) is 28.8 Å². The lowest BCUT2D eigenvalue weighted by molar-refractivity contribution is -0.140. The number of hydrogen-bond acceptors (Lipinski definition) is 2. The fraction of sp³-hybridized carbons (Fsp3) is 0.391. The van der Waals surface area contributed by atoms with E-state index in [-0.39, 0.29) is 24.3 Å². The third kappa shape index (κ3) is 6.10. The first kappa shape index (κ1) is 22.0. The minimum Gasteiger partial charge on any atom is -0.352 e. The number of carbonyl (C=O) groups is 2. The summed E-state index contributed by atoms with van der Waals surface area (Å²) in [5.74, 6) is -0.269. The smallest absolute Gasteiger partial charge is 0.242 e. The first-order chi connectivity index (χ1) is 13.3. The van der Waals surface area contributed by atoms with E-state index in [2.05, 4.69) is 5.32 Å². The van der Waals surface area contributed by atoms with Crippen molar-refractivity contribution in [2.75, 3.05) is 0 Å². The summed E-state index contributed by atoms with van der Waals surface area (Å²) in [6.45, 7) is 8.14. The molecule has 150 valence electrons. The van der Waals surface area contributed by atoms with Gasteiger partial charge in [0.05, 0.1) is 6.42 Å². The van der Waals surface area contributed by atoms with E-state index in [0.717, 1.165) is 23.1 Å². The van der Waals surface area contributed by atoms with Gasteiger partial charge in [0.1, 0.15) is 6.04 Å². The molecule has 0 aliphatic carbocycles. The zero-order valence-electron chi connectivity index (χ0n) is 17.0. The Morgan fingerprint density at radius 1 is 1.07 bits per heavy atom. The lowest BCUT2D eigenvalue weighted by Gasteiger charge is -2.30. The van der Waals surface area contributed by atoms with Crippen molar-refractivity contribution in [3.63, 3.8) is 0 Å².